The monoisotopic (exact) mass is 1350 g/mol. The summed E-state index contributed by atoms with van der Waals surface area (Å²) < 4.78 is 68.4. The Hall–Kier alpha value is -1.94. The summed E-state index contributed by atoms with van der Waals surface area (Å²) in [6, 6.07) is 0. The number of ether oxygens (including phenoxy) is 4. The van der Waals surface area contributed by atoms with Gasteiger partial charge in [-0.25, -0.2) is 9.13 Å². The number of phosphoric ester groups is 2. The van der Waals surface area contributed by atoms with Crippen molar-refractivity contribution in [2.45, 2.75) is 394 Å². The van der Waals surface area contributed by atoms with Gasteiger partial charge in [-0.05, 0) is 37.5 Å². The van der Waals surface area contributed by atoms with E-state index in [9.17, 15) is 43.2 Å². The van der Waals surface area contributed by atoms with Crippen LogP contribution in [0.25, 0.3) is 0 Å². The molecule has 0 rings (SSSR count). The number of carbonyl (C=O) groups excluding carboxylic acids is 4. The van der Waals surface area contributed by atoms with E-state index in [0.717, 1.165) is 95.8 Å². The number of aliphatic hydroxyl groups is 1. The Bertz CT molecular complexity index is 1790. The minimum absolute atomic E-state index is 0.104. The Morgan fingerprint density at radius 3 is 0.739 bits per heavy atom. The fourth-order valence-corrected chi connectivity index (χ4v) is 12.7. The van der Waals surface area contributed by atoms with E-state index in [4.69, 9.17) is 37.0 Å². The van der Waals surface area contributed by atoms with Gasteiger partial charge in [0.2, 0.25) is 0 Å². The Kier molecular flexibility index (Phi) is 63.7. The number of carbonyl (C=O) groups is 4. The summed E-state index contributed by atoms with van der Waals surface area (Å²) >= 11 is 0. The van der Waals surface area contributed by atoms with Crippen LogP contribution in [0.4, 0.5) is 0 Å². The molecule has 0 saturated heterocycles. The van der Waals surface area contributed by atoms with Gasteiger partial charge in [0.25, 0.3) is 0 Å². The van der Waals surface area contributed by atoms with E-state index in [1.54, 1.807) is 0 Å². The second-order valence-electron chi connectivity index (χ2n) is 27.3. The lowest BCUT2D eigenvalue weighted by Crippen LogP contribution is -2.30. The second-order valence-corrected chi connectivity index (χ2v) is 30.2. The van der Waals surface area contributed by atoms with Crippen LogP contribution in [0.1, 0.15) is 375 Å². The number of aliphatic hydroxyl groups excluding tert-OH is 1. The molecule has 0 aliphatic heterocycles. The van der Waals surface area contributed by atoms with Crippen LogP contribution in [-0.2, 0) is 65.4 Å². The highest BCUT2D eigenvalue weighted by molar-refractivity contribution is 7.47. The molecule has 0 saturated carbocycles. The SMILES string of the molecule is CCCCCCCCCCCCCCCCC(=O)OC[C@H](COP(=O)(O)OC[C@@H](O)COP(=O)(O)OC[C@@H](COC(=O)CCCCCCCCCCCC)OC(=O)CCCCCCCCCC(C)C)OC(=O)CCCCCCCCCCCCCCCCCC(C)C. The maximum Gasteiger partial charge on any atom is 0.472 e. The standard InChI is InChI=1S/C73H142O17P2/c1-7-9-11-13-15-17-19-20-25-28-32-38-44-50-56-71(76)84-61-68(89-72(77)57-51-45-39-33-29-26-23-21-22-24-27-30-35-41-47-53-65(3)4)63-87-91(79,80)85-59-67(74)60-86-92(81,82)88-64-69(90-73(78)58-52-46-40-34-36-42-48-54-66(5)6)62-83-70(75)55-49-43-37-31-18-16-14-12-10-8-2/h65-69,74H,7-64H2,1-6H3,(H,79,80)(H,81,82)/t67-,68-,69-/m1/s1. The highest BCUT2D eigenvalue weighted by atomic mass is 31.2. The molecule has 0 heterocycles. The molecule has 0 aromatic carbocycles. The van der Waals surface area contributed by atoms with E-state index in [0.29, 0.717) is 31.6 Å². The van der Waals surface area contributed by atoms with Gasteiger partial charge in [0.05, 0.1) is 26.4 Å². The molecule has 0 fully saturated rings. The van der Waals surface area contributed by atoms with E-state index < -0.39 is 97.5 Å². The van der Waals surface area contributed by atoms with E-state index in [-0.39, 0.29) is 25.7 Å². The minimum atomic E-state index is -4.95. The summed E-state index contributed by atoms with van der Waals surface area (Å²) in [7, 11) is -9.90. The van der Waals surface area contributed by atoms with Gasteiger partial charge >= 0.3 is 39.5 Å². The molecule has 19 heteroatoms. The van der Waals surface area contributed by atoms with Gasteiger partial charge in [0.15, 0.2) is 12.2 Å². The lowest BCUT2D eigenvalue weighted by Gasteiger charge is -2.21. The predicted octanol–water partition coefficient (Wildman–Crippen LogP) is 21.2. The van der Waals surface area contributed by atoms with Crippen LogP contribution in [0.15, 0.2) is 0 Å². The van der Waals surface area contributed by atoms with Crippen molar-refractivity contribution < 1.29 is 80.2 Å². The second kappa shape index (κ2) is 65.0. The first-order valence-electron chi connectivity index (χ1n) is 38.0. The summed E-state index contributed by atoms with van der Waals surface area (Å²) in [5, 5.41) is 10.6. The lowest BCUT2D eigenvalue weighted by atomic mass is 10.0. The molecule has 2 unspecified atom stereocenters. The smallest absolute Gasteiger partial charge is 0.462 e. The van der Waals surface area contributed by atoms with Crippen molar-refractivity contribution >= 4 is 39.5 Å². The number of rotatable bonds is 72. The van der Waals surface area contributed by atoms with Crippen LogP contribution >= 0.6 is 15.6 Å². The molecule has 5 atom stereocenters. The normalized spacial score (nSPS) is 14.1. The number of esters is 4. The van der Waals surface area contributed by atoms with Crippen molar-refractivity contribution in [2.75, 3.05) is 39.6 Å². The average Bonchev–Trinajstić information content (AvgIpc) is 3.11. The van der Waals surface area contributed by atoms with Crippen LogP contribution < -0.4 is 0 Å². The summed E-state index contributed by atoms with van der Waals surface area (Å²) in [5.74, 6) is -0.623. The molecule has 0 aromatic heterocycles. The molecule has 0 spiro atoms. The van der Waals surface area contributed by atoms with E-state index in [1.165, 1.54) is 193 Å². The van der Waals surface area contributed by atoms with Crippen LogP contribution in [0.2, 0.25) is 0 Å². The van der Waals surface area contributed by atoms with Crippen LogP contribution in [0.5, 0.6) is 0 Å². The Morgan fingerprint density at radius 1 is 0.293 bits per heavy atom. The van der Waals surface area contributed by atoms with Gasteiger partial charge in [-0.1, -0.05) is 324 Å². The zero-order valence-electron chi connectivity index (χ0n) is 59.9. The van der Waals surface area contributed by atoms with Gasteiger partial charge < -0.3 is 33.8 Å². The van der Waals surface area contributed by atoms with Gasteiger partial charge in [-0.15, -0.1) is 0 Å². The fraction of sp³-hybridized carbons (Fsp3) is 0.945. The number of hydrogen-bond donors (Lipinski definition) is 3. The number of unbranched alkanes of at least 4 members (excludes halogenated alkanes) is 42. The molecule has 17 nitrogen and oxygen atoms in total. The molecular formula is C73H142O17P2. The first-order valence-corrected chi connectivity index (χ1v) is 41.0. The van der Waals surface area contributed by atoms with Crippen LogP contribution in [-0.4, -0.2) is 96.7 Å². The van der Waals surface area contributed by atoms with E-state index >= 15 is 0 Å². The minimum Gasteiger partial charge on any atom is -0.462 e. The van der Waals surface area contributed by atoms with Crippen LogP contribution in [0.3, 0.4) is 0 Å². The quantitative estimate of drug-likeness (QED) is 0.0222. The highest BCUT2D eigenvalue weighted by Gasteiger charge is 2.30. The third-order valence-electron chi connectivity index (χ3n) is 17.0. The van der Waals surface area contributed by atoms with Gasteiger partial charge in [-0.3, -0.25) is 37.3 Å². The first kappa shape index (κ1) is 90.1. The van der Waals surface area contributed by atoms with Crippen molar-refractivity contribution in [2.24, 2.45) is 11.8 Å². The fourth-order valence-electron chi connectivity index (χ4n) is 11.1. The van der Waals surface area contributed by atoms with Gasteiger partial charge in [-0.2, -0.15) is 0 Å². The predicted molar refractivity (Wildman–Crippen MR) is 372 cm³/mol. The topological polar surface area (TPSA) is 237 Å². The Balaban J connectivity index is 5.22. The third kappa shape index (κ3) is 66.7. The first-order chi connectivity index (χ1) is 44.4. The third-order valence-corrected chi connectivity index (χ3v) is 18.9. The summed E-state index contributed by atoms with van der Waals surface area (Å²) in [4.78, 5) is 72.6. The Morgan fingerprint density at radius 2 is 0.500 bits per heavy atom. The maximum atomic E-state index is 13.1. The molecule has 0 radical (unpaired) electrons. The number of hydrogen-bond acceptors (Lipinski definition) is 15. The molecule has 92 heavy (non-hydrogen) atoms. The summed E-state index contributed by atoms with van der Waals surface area (Å²) in [6.45, 7) is 9.53. The molecule has 0 aromatic rings. The average molecular weight is 1350 g/mol. The Labute approximate surface area is 562 Å². The maximum absolute atomic E-state index is 13.1. The molecule has 546 valence electrons. The van der Waals surface area contributed by atoms with Gasteiger partial charge in [0.1, 0.15) is 19.3 Å². The molecule has 0 aliphatic rings. The lowest BCUT2D eigenvalue weighted by molar-refractivity contribution is -0.161. The largest absolute Gasteiger partial charge is 0.472 e. The van der Waals surface area contributed by atoms with Gasteiger partial charge in [0, 0.05) is 25.7 Å². The molecular weight excluding hydrogens is 1210 g/mol. The zero-order valence-corrected chi connectivity index (χ0v) is 61.6. The highest BCUT2D eigenvalue weighted by Crippen LogP contribution is 2.45. The van der Waals surface area contributed by atoms with Crippen molar-refractivity contribution in [3.63, 3.8) is 0 Å². The van der Waals surface area contributed by atoms with Crippen LogP contribution in [0, 0.1) is 11.8 Å². The van der Waals surface area contributed by atoms with Crippen molar-refractivity contribution in [1.82, 2.24) is 0 Å². The molecule has 0 amide bonds. The zero-order chi connectivity index (χ0) is 67.9. The summed E-state index contributed by atoms with van der Waals surface area (Å²) in [6.07, 6.45) is 51.4. The summed E-state index contributed by atoms with van der Waals surface area (Å²) in [5.41, 5.74) is 0. The van der Waals surface area contributed by atoms with E-state index in [2.05, 4.69) is 41.5 Å². The van der Waals surface area contributed by atoms with Crippen molar-refractivity contribution in [3.8, 4) is 0 Å². The molecule has 0 aliphatic carbocycles. The van der Waals surface area contributed by atoms with E-state index in [1.807, 2.05) is 0 Å². The van der Waals surface area contributed by atoms with Crippen molar-refractivity contribution in [3.05, 3.63) is 0 Å². The molecule has 3 N–H and O–H groups in total. The molecule has 0 bridgehead atoms. The van der Waals surface area contributed by atoms with Crippen molar-refractivity contribution in [1.29, 1.82) is 0 Å². The number of phosphoric acid groups is 2.